The second kappa shape index (κ2) is 7.22. The summed E-state index contributed by atoms with van der Waals surface area (Å²) in [7, 11) is 3.94. The number of amides is 1. The first-order valence-electron chi connectivity index (χ1n) is 5.47. The van der Waals surface area contributed by atoms with E-state index >= 15 is 0 Å². The zero-order valence-electron chi connectivity index (χ0n) is 10.6. The molecule has 0 saturated carbocycles. The van der Waals surface area contributed by atoms with Gasteiger partial charge in [0, 0.05) is 20.0 Å². The van der Waals surface area contributed by atoms with Gasteiger partial charge in [0.25, 0.3) is 0 Å². The van der Waals surface area contributed by atoms with Gasteiger partial charge < -0.3 is 14.9 Å². The summed E-state index contributed by atoms with van der Waals surface area (Å²) in [6.45, 7) is 4.89. The molecule has 0 bridgehead atoms. The molecule has 0 radical (unpaired) electrons. The number of aliphatic carboxylic acids is 1. The van der Waals surface area contributed by atoms with Gasteiger partial charge in [-0.05, 0) is 27.1 Å². The highest BCUT2D eigenvalue weighted by molar-refractivity contribution is 5.75. The lowest BCUT2D eigenvalue weighted by Crippen LogP contribution is -2.37. The standard InChI is InChI=1S/C11H22N2O3/c1-9(11(15)16)8-13(10(2)14)7-5-6-12(3)4/h9H,5-8H2,1-4H3,(H,15,16). The number of carboxylic acids is 1. The molecule has 0 spiro atoms. The van der Waals surface area contributed by atoms with E-state index in [0.717, 1.165) is 13.0 Å². The fraction of sp³-hybridized carbons (Fsp3) is 0.818. The van der Waals surface area contributed by atoms with Crippen LogP contribution < -0.4 is 0 Å². The normalized spacial score (nSPS) is 12.6. The number of rotatable bonds is 7. The first-order valence-corrected chi connectivity index (χ1v) is 5.47. The van der Waals surface area contributed by atoms with Crippen LogP contribution in [0.1, 0.15) is 20.3 Å². The van der Waals surface area contributed by atoms with Crippen LogP contribution >= 0.6 is 0 Å². The Morgan fingerprint density at radius 3 is 2.19 bits per heavy atom. The molecule has 5 heteroatoms. The molecule has 16 heavy (non-hydrogen) atoms. The fourth-order valence-electron chi connectivity index (χ4n) is 1.36. The lowest BCUT2D eigenvalue weighted by Gasteiger charge is -2.23. The van der Waals surface area contributed by atoms with Crippen LogP contribution in [-0.4, -0.2) is 60.5 Å². The molecule has 0 aromatic heterocycles. The lowest BCUT2D eigenvalue weighted by molar-refractivity contribution is -0.142. The van der Waals surface area contributed by atoms with Gasteiger partial charge in [0.2, 0.25) is 5.91 Å². The number of carboxylic acid groups (broad SMARTS) is 1. The van der Waals surface area contributed by atoms with Gasteiger partial charge in [0.05, 0.1) is 5.92 Å². The minimum absolute atomic E-state index is 0.0631. The van der Waals surface area contributed by atoms with Crippen molar-refractivity contribution < 1.29 is 14.7 Å². The Hall–Kier alpha value is -1.10. The summed E-state index contributed by atoms with van der Waals surface area (Å²) in [6, 6.07) is 0. The fourth-order valence-corrected chi connectivity index (χ4v) is 1.36. The van der Waals surface area contributed by atoms with Gasteiger partial charge in [-0.1, -0.05) is 6.92 Å². The largest absolute Gasteiger partial charge is 0.481 e. The summed E-state index contributed by atoms with van der Waals surface area (Å²) in [5.41, 5.74) is 0. The first kappa shape index (κ1) is 14.9. The second-order valence-corrected chi connectivity index (χ2v) is 4.36. The molecule has 0 aliphatic carbocycles. The Bertz CT molecular complexity index is 241. The van der Waals surface area contributed by atoms with Crippen molar-refractivity contribution in [3.8, 4) is 0 Å². The molecule has 0 saturated heterocycles. The minimum Gasteiger partial charge on any atom is -0.481 e. The van der Waals surface area contributed by atoms with Crippen LogP contribution in [0.2, 0.25) is 0 Å². The van der Waals surface area contributed by atoms with Crippen molar-refractivity contribution in [2.75, 3.05) is 33.7 Å². The Morgan fingerprint density at radius 2 is 1.81 bits per heavy atom. The highest BCUT2D eigenvalue weighted by Gasteiger charge is 2.17. The molecule has 0 aromatic rings. The maximum absolute atomic E-state index is 11.3. The summed E-state index contributed by atoms with van der Waals surface area (Å²) in [5.74, 6) is -1.44. The number of hydrogen-bond acceptors (Lipinski definition) is 3. The van der Waals surface area contributed by atoms with Crippen LogP contribution in [0.15, 0.2) is 0 Å². The summed E-state index contributed by atoms with van der Waals surface area (Å²) in [5, 5.41) is 8.78. The van der Waals surface area contributed by atoms with Crippen LogP contribution in [0.25, 0.3) is 0 Å². The van der Waals surface area contributed by atoms with E-state index in [1.807, 2.05) is 19.0 Å². The second-order valence-electron chi connectivity index (χ2n) is 4.36. The van der Waals surface area contributed by atoms with E-state index in [0.29, 0.717) is 6.54 Å². The molecule has 1 amide bonds. The zero-order chi connectivity index (χ0) is 12.7. The van der Waals surface area contributed by atoms with Crippen LogP contribution in [0.4, 0.5) is 0 Å². The van der Waals surface area contributed by atoms with Crippen molar-refractivity contribution in [2.24, 2.45) is 5.92 Å². The minimum atomic E-state index is -0.862. The number of carbonyl (C=O) groups is 2. The molecule has 0 rings (SSSR count). The Kier molecular flexibility index (Phi) is 6.72. The van der Waals surface area contributed by atoms with E-state index in [1.165, 1.54) is 6.92 Å². The molecule has 0 heterocycles. The number of nitrogens with zero attached hydrogens (tertiary/aromatic N) is 2. The summed E-state index contributed by atoms with van der Waals surface area (Å²) >= 11 is 0. The summed E-state index contributed by atoms with van der Waals surface area (Å²) in [6.07, 6.45) is 0.860. The van der Waals surface area contributed by atoms with Gasteiger partial charge in [-0.15, -0.1) is 0 Å². The van der Waals surface area contributed by atoms with Crippen molar-refractivity contribution in [1.29, 1.82) is 0 Å². The van der Waals surface area contributed by atoms with Crippen molar-refractivity contribution in [3.63, 3.8) is 0 Å². The third-order valence-corrected chi connectivity index (χ3v) is 2.39. The molecule has 1 atom stereocenters. The lowest BCUT2D eigenvalue weighted by atomic mass is 10.1. The van der Waals surface area contributed by atoms with Crippen molar-refractivity contribution >= 4 is 11.9 Å². The van der Waals surface area contributed by atoms with Gasteiger partial charge in [0.1, 0.15) is 0 Å². The highest BCUT2D eigenvalue weighted by Crippen LogP contribution is 2.02. The molecule has 0 aromatic carbocycles. The van der Waals surface area contributed by atoms with E-state index in [-0.39, 0.29) is 12.5 Å². The molecule has 94 valence electrons. The predicted molar refractivity (Wildman–Crippen MR) is 62.2 cm³/mol. The average Bonchev–Trinajstić information content (AvgIpc) is 2.14. The van der Waals surface area contributed by atoms with E-state index in [2.05, 4.69) is 0 Å². The molecule has 0 aliphatic heterocycles. The topological polar surface area (TPSA) is 60.9 Å². The quantitative estimate of drug-likeness (QED) is 0.692. The molecule has 1 N–H and O–H groups in total. The van der Waals surface area contributed by atoms with Gasteiger partial charge in [-0.25, -0.2) is 0 Å². The molecular weight excluding hydrogens is 208 g/mol. The van der Waals surface area contributed by atoms with Crippen molar-refractivity contribution in [1.82, 2.24) is 9.80 Å². The number of hydrogen-bond donors (Lipinski definition) is 1. The van der Waals surface area contributed by atoms with Gasteiger partial charge in [0.15, 0.2) is 0 Å². The van der Waals surface area contributed by atoms with E-state index in [9.17, 15) is 9.59 Å². The first-order chi connectivity index (χ1) is 7.34. The highest BCUT2D eigenvalue weighted by atomic mass is 16.4. The molecular formula is C11H22N2O3. The molecule has 0 aliphatic rings. The van der Waals surface area contributed by atoms with Crippen LogP contribution in [0, 0.1) is 5.92 Å². The SMILES string of the molecule is CC(=O)N(CCCN(C)C)CC(C)C(=O)O. The molecule has 5 nitrogen and oxygen atoms in total. The molecule has 1 unspecified atom stereocenters. The maximum Gasteiger partial charge on any atom is 0.308 e. The predicted octanol–water partition coefficient (Wildman–Crippen LogP) is 0.507. The zero-order valence-corrected chi connectivity index (χ0v) is 10.6. The average molecular weight is 230 g/mol. The van der Waals surface area contributed by atoms with Crippen molar-refractivity contribution in [3.05, 3.63) is 0 Å². The maximum atomic E-state index is 11.3. The van der Waals surface area contributed by atoms with Gasteiger partial charge in [-0.2, -0.15) is 0 Å². The third kappa shape index (κ3) is 6.40. The summed E-state index contributed by atoms with van der Waals surface area (Å²) in [4.78, 5) is 25.6. The van der Waals surface area contributed by atoms with E-state index < -0.39 is 11.9 Å². The van der Waals surface area contributed by atoms with Crippen LogP contribution in [0.5, 0.6) is 0 Å². The monoisotopic (exact) mass is 230 g/mol. The van der Waals surface area contributed by atoms with Crippen molar-refractivity contribution in [2.45, 2.75) is 20.3 Å². The third-order valence-electron chi connectivity index (χ3n) is 2.39. The van der Waals surface area contributed by atoms with E-state index in [4.69, 9.17) is 5.11 Å². The number of carbonyl (C=O) groups excluding carboxylic acids is 1. The van der Waals surface area contributed by atoms with Crippen LogP contribution in [0.3, 0.4) is 0 Å². The Balaban J connectivity index is 4.08. The van der Waals surface area contributed by atoms with Gasteiger partial charge >= 0.3 is 5.97 Å². The van der Waals surface area contributed by atoms with E-state index in [1.54, 1.807) is 11.8 Å². The Morgan fingerprint density at radius 1 is 1.25 bits per heavy atom. The van der Waals surface area contributed by atoms with Gasteiger partial charge in [-0.3, -0.25) is 9.59 Å². The Labute approximate surface area is 97.0 Å². The summed E-state index contributed by atoms with van der Waals surface area (Å²) < 4.78 is 0. The molecule has 0 fully saturated rings. The van der Waals surface area contributed by atoms with Crippen LogP contribution in [-0.2, 0) is 9.59 Å². The smallest absolute Gasteiger partial charge is 0.308 e.